The number of aromatic nitrogens is 1. The van der Waals surface area contributed by atoms with E-state index >= 15 is 0 Å². The number of para-hydroxylation sites is 1. The van der Waals surface area contributed by atoms with Crippen LogP contribution in [0.4, 0.5) is 0 Å². The number of nitrogens with zero attached hydrogens (tertiary/aromatic N) is 1. The highest BCUT2D eigenvalue weighted by atomic mass is 32.2. The van der Waals surface area contributed by atoms with Gasteiger partial charge in [-0.25, -0.2) is 8.42 Å². The molecule has 3 rings (SSSR count). The number of fused-ring (bicyclic) bond motifs is 1. The van der Waals surface area contributed by atoms with Crippen LogP contribution in [0.5, 0.6) is 0 Å². The van der Waals surface area contributed by atoms with E-state index in [1.165, 1.54) is 5.39 Å². The highest BCUT2D eigenvalue weighted by Crippen LogP contribution is 2.21. The second-order valence-corrected chi connectivity index (χ2v) is 8.18. The van der Waals surface area contributed by atoms with Crippen LogP contribution in [0.25, 0.3) is 10.9 Å². The molecule has 22 heavy (non-hydrogen) atoms. The number of amides is 1. The summed E-state index contributed by atoms with van der Waals surface area (Å²) in [6, 6.07) is 7.90. The smallest absolute Gasteiger partial charge is 0.220 e. The Kier molecular flexibility index (Phi) is 3.95. The van der Waals surface area contributed by atoms with Gasteiger partial charge in [0.1, 0.15) is 0 Å². The maximum Gasteiger partial charge on any atom is 0.220 e. The minimum Gasteiger partial charge on any atom is -0.352 e. The summed E-state index contributed by atoms with van der Waals surface area (Å²) in [5.41, 5.74) is 2.30. The van der Waals surface area contributed by atoms with Crippen LogP contribution in [0.3, 0.4) is 0 Å². The first-order chi connectivity index (χ1) is 10.4. The van der Waals surface area contributed by atoms with Gasteiger partial charge < -0.3 is 9.88 Å². The van der Waals surface area contributed by atoms with Gasteiger partial charge in [-0.1, -0.05) is 18.2 Å². The Morgan fingerprint density at radius 2 is 2.14 bits per heavy atom. The summed E-state index contributed by atoms with van der Waals surface area (Å²) in [7, 11) is -0.956. The molecular weight excluding hydrogens is 300 g/mol. The van der Waals surface area contributed by atoms with Crippen LogP contribution in [0.15, 0.2) is 30.5 Å². The van der Waals surface area contributed by atoms with Gasteiger partial charge in [-0.05, 0) is 24.5 Å². The first kappa shape index (κ1) is 15.1. The van der Waals surface area contributed by atoms with Crippen molar-refractivity contribution in [1.82, 2.24) is 9.88 Å². The molecule has 1 amide bonds. The molecule has 1 N–H and O–H groups in total. The van der Waals surface area contributed by atoms with Crippen LogP contribution in [0.1, 0.15) is 18.4 Å². The van der Waals surface area contributed by atoms with E-state index in [9.17, 15) is 13.2 Å². The first-order valence-electron chi connectivity index (χ1n) is 7.47. The molecule has 118 valence electrons. The maximum atomic E-state index is 12.0. The number of carbonyl (C=O) groups is 1. The molecule has 0 bridgehead atoms. The molecule has 0 aliphatic carbocycles. The Balaban J connectivity index is 1.61. The Morgan fingerprint density at radius 1 is 1.36 bits per heavy atom. The molecule has 1 aliphatic rings. The average molecular weight is 320 g/mol. The molecule has 0 radical (unpaired) electrons. The molecule has 5 nitrogen and oxygen atoms in total. The number of hydrogen-bond acceptors (Lipinski definition) is 3. The van der Waals surface area contributed by atoms with E-state index < -0.39 is 9.84 Å². The molecule has 1 unspecified atom stereocenters. The minimum absolute atomic E-state index is 0.0740. The fourth-order valence-electron chi connectivity index (χ4n) is 3.08. The van der Waals surface area contributed by atoms with Crippen LogP contribution in [-0.2, 0) is 28.1 Å². The monoisotopic (exact) mass is 320 g/mol. The van der Waals surface area contributed by atoms with Crippen molar-refractivity contribution in [2.45, 2.75) is 25.3 Å². The van der Waals surface area contributed by atoms with E-state index in [1.807, 2.05) is 19.2 Å². The second kappa shape index (κ2) is 5.76. The quantitative estimate of drug-likeness (QED) is 0.926. The molecule has 1 saturated heterocycles. The number of sulfone groups is 1. The molecule has 1 atom stereocenters. The third-order valence-electron chi connectivity index (χ3n) is 4.20. The van der Waals surface area contributed by atoms with E-state index in [-0.39, 0.29) is 23.5 Å². The number of hydrogen-bond donors (Lipinski definition) is 1. The van der Waals surface area contributed by atoms with Gasteiger partial charge in [-0.3, -0.25) is 4.79 Å². The molecule has 1 aromatic carbocycles. The molecule has 0 saturated carbocycles. The summed E-state index contributed by atoms with van der Waals surface area (Å²) in [5, 5.41) is 4.00. The third kappa shape index (κ3) is 3.16. The fraction of sp³-hybridized carbons (Fsp3) is 0.438. The van der Waals surface area contributed by atoms with Gasteiger partial charge in [0.25, 0.3) is 0 Å². The molecule has 2 aromatic rings. The summed E-state index contributed by atoms with van der Waals surface area (Å²) in [4.78, 5) is 12.0. The Hall–Kier alpha value is -1.82. The summed E-state index contributed by atoms with van der Waals surface area (Å²) in [5.74, 6) is 0.184. The lowest BCUT2D eigenvalue weighted by Crippen LogP contribution is -2.35. The van der Waals surface area contributed by atoms with Crippen LogP contribution < -0.4 is 5.32 Å². The van der Waals surface area contributed by atoms with Crippen molar-refractivity contribution in [3.05, 3.63) is 36.0 Å². The van der Waals surface area contributed by atoms with Gasteiger partial charge in [0.15, 0.2) is 9.84 Å². The number of rotatable bonds is 4. The molecule has 0 spiro atoms. The van der Waals surface area contributed by atoms with Gasteiger partial charge in [0.05, 0.1) is 11.5 Å². The second-order valence-electron chi connectivity index (χ2n) is 5.95. The molecular formula is C16H20N2O3S. The molecule has 1 aromatic heterocycles. The van der Waals surface area contributed by atoms with Crippen molar-refractivity contribution in [3.8, 4) is 0 Å². The van der Waals surface area contributed by atoms with Crippen molar-refractivity contribution in [2.24, 2.45) is 7.05 Å². The van der Waals surface area contributed by atoms with Crippen LogP contribution in [0.2, 0.25) is 0 Å². The van der Waals surface area contributed by atoms with Gasteiger partial charge in [-0.15, -0.1) is 0 Å². The standard InChI is InChI=1S/C16H20N2O3S/c1-18-10-12(14-4-2-3-5-15(14)18)6-7-16(19)17-13-8-9-22(20,21)11-13/h2-5,10,13H,6-9,11H2,1H3,(H,17,19). The van der Waals surface area contributed by atoms with Gasteiger partial charge in [0.2, 0.25) is 5.91 Å². The SMILES string of the molecule is Cn1cc(CCC(=O)NC2CCS(=O)(=O)C2)c2ccccc21. The van der Waals surface area contributed by atoms with Crippen molar-refractivity contribution in [2.75, 3.05) is 11.5 Å². The molecule has 1 aliphatic heterocycles. The van der Waals surface area contributed by atoms with Crippen molar-refractivity contribution in [1.29, 1.82) is 0 Å². The van der Waals surface area contributed by atoms with E-state index in [0.717, 1.165) is 11.1 Å². The third-order valence-corrected chi connectivity index (χ3v) is 5.97. The number of nitrogens with one attached hydrogen (secondary N) is 1. The van der Waals surface area contributed by atoms with Crippen LogP contribution in [-0.4, -0.2) is 36.4 Å². The predicted octanol–water partition coefficient (Wildman–Crippen LogP) is 1.41. The van der Waals surface area contributed by atoms with E-state index in [0.29, 0.717) is 19.3 Å². The number of benzene rings is 1. The Morgan fingerprint density at radius 3 is 2.86 bits per heavy atom. The van der Waals surface area contributed by atoms with Crippen LogP contribution >= 0.6 is 0 Å². The van der Waals surface area contributed by atoms with Gasteiger partial charge in [-0.2, -0.15) is 0 Å². The van der Waals surface area contributed by atoms with E-state index in [2.05, 4.69) is 28.2 Å². The number of carbonyl (C=O) groups excluding carboxylic acids is 1. The predicted molar refractivity (Wildman–Crippen MR) is 86.4 cm³/mol. The highest BCUT2D eigenvalue weighted by molar-refractivity contribution is 7.91. The van der Waals surface area contributed by atoms with Gasteiger partial charge in [0, 0.05) is 36.6 Å². The lowest BCUT2D eigenvalue weighted by Gasteiger charge is -2.10. The van der Waals surface area contributed by atoms with Crippen molar-refractivity contribution in [3.63, 3.8) is 0 Å². The Labute approximate surface area is 130 Å². The summed E-state index contributed by atoms with van der Waals surface area (Å²) in [6.45, 7) is 0. The zero-order chi connectivity index (χ0) is 15.7. The normalized spacial score (nSPS) is 20.3. The van der Waals surface area contributed by atoms with Crippen LogP contribution in [0, 0.1) is 0 Å². The molecule has 1 fully saturated rings. The average Bonchev–Trinajstić information content (AvgIpc) is 2.97. The zero-order valence-corrected chi connectivity index (χ0v) is 13.4. The van der Waals surface area contributed by atoms with Crippen molar-refractivity contribution >= 4 is 26.6 Å². The number of aryl methyl sites for hydroxylation is 2. The van der Waals surface area contributed by atoms with Gasteiger partial charge >= 0.3 is 0 Å². The summed E-state index contributed by atoms with van der Waals surface area (Å²) >= 11 is 0. The molecule has 6 heteroatoms. The fourth-order valence-corrected chi connectivity index (χ4v) is 4.76. The topological polar surface area (TPSA) is 68.2 Å². The summed E-state index contributed by atoms with van der Waals surface area (Å²) in [6.07, 6.45) is 3.62. The first-order valence-corrected chi connectivity index (χ1v) is 9.29. The zero-order valence-electron chi connectivity index (χ0n) is 12.6. The Bertz CT molecular complexity index is 808. The van der Waals surface area contributed by atoms with E-state index in [4.69, 9.17) is 0 Å². The minimum atomic E-state index is -2.95. The summed E-state index contributed by atoms with van der Waals surface area (Å²) < 4.78 is 24.9. The lowest BCUT2D eigenvalue weighted by molar-refractivity contribution is -0.121. The highest BCUT2D eigenvalue weighted by Gasteiger charge is 2.28. The largest absolute Gasteiger partial charge is 0.352 e. The van der Waals surface area contributed by atoms with E-state index in [1.54, 1.807) is 0 Å². The van der Waals surface area contributed by atoms with Crippen molar-refractivity contribution < 1.29 is 13.2 Å². The lowest BCUT2D eigenvalue weighted by atomic mass is 10.1. The molecule has 2 heterocycles. The maximum absolute atomic E-state index is 12.0.